The summed E-state index contributed by atoms with van der Waals surface area (Å²) in [4.78, 5) is 34.3. The SMILES string of the molecule is Cc1ccc(NC(=O)c2sc3nc(CSc4nnc(C(C)C)n4C)[nH]c(=O)c3c2C)c(C)c1. The van der Waals surface area contributed by atoms with Crippen molar-refractivity contribution in [1.82, 2.24) is 24.7 Å². The van der Waals surface area contributed by atoms with Gasteiger partial charge in [0.1, 0.15) is 16.5 Å². The molecule has 10 heteroatoms. The molecule has 0 saturated heterocycles. The van der Waals surface area contributed by atoms with Crippen molar-refractivity contribution < 1.29 is 4.79 Å². The fourth-order valence-corrected chi connectivity index (χ4v) is 5.58. The average molecular weight is 483 g/mol. The summed E-state index contributed by atoms with van der Waals surface area (Å²) in [5, 5.41) is 12.7. The van der Waals surface area contributed by atoms with Crippen molar-refractivity contribution in [1.29, 1.82) is 0 Å². The first kappa shape index (κ1) is 23.2. The molecule has 0 aliphatic heterocycles. The number of carbonyl (C=O) groups is 1. The molecule has 0 atom stereocenters. The average Bonchev–Trinajstić information content (AvgIpc) is 3.28. The van der Waals surface area contributed by atoms with Crippen molar-refractivity contribution >= 4 is 44.9 Å². The van der Waals surface area contributed by atoms with Gasteiger partial charge in [-0.2, -0.15) is 0 Å². The minimum atomic E-state index is -0.240. The Morgan fingerprint density at radius 3 is 2.67 bits per heavy atom. The van der Waals surface area contributed by atoms with Crippen molar-refractivity contribution in [2.24, 2.45) is 7.05 Å². The van der Waals surface area contributed by atoms with Gasteiger partial charge >= 0.3 is 0 Å². The van der Waals surface area contributed by atoms with E-state index >= 15 is 0 Å². The second-order valence-electron chi connectivity index (χ2n) is 8.36. The maximum Gasteiger partial charge on any atom is 0.266 e. The quantitative estimate of drug-likeness (QED) is 0.386. The van der Waals surface area contributed by atoms with Gasteiger partial charge in [0.05, 0.1) is 16.0 Å². The number of hydrogen-bond acceptors (Lipinski definition) is 7. The van der Waals surface area contributed by atoms with Crippen molar-refractivity contribution in [3.05, 3.63) is 61.8 Å². The first-order chi connectivity index (χ1) is 15.7. The second-order valence-corrected chi connectivity index (χ2v) is 10.3. The summed E-state index contributed by atoms with van der Waals surface area (Å²) in [5.74, 6) is 1.92. The van der Waals surface area contributed by atoms with Gasteiger partial charge in [-0.15, -0.1) is 21.5 Å². The lowest BCUT2D eigenvalue weighted by molar-refractivity contribution is 0.103. The van der Waals surface area contributed by atoms with Crippen LogP contribution in [0.2, 0.25) is 0 Å². The molecule has 3 heterocycles. The third-order valence-electron chi connectivity index (χ3n) is 5.41. The Bertz CT molecular complexity index is 1420. The zero-order valence-electron chi connectivity index (χ0n) is 19.4. The first-order valence-electron chi connectivity index (χ1n) is 10.6. The molecule has 172 valence electrons. The van der Waals surface area contributed by atoms with Crippen LogP contribution in [0.1, 0.15) is 57.8 Å². The number of aromatic amines is 1. The lowest BCUT2D eigenvalue weighted by Gasteiger charge is -2.08. The number of nitrogens with one attached hydrogen (secondary N) is 2. The van der Waals surface area contributed by atoms with Gasteiger partial charge in [0.15, 0.2) is 5.16 Å². The van der Waals surface area contributed by atoms with E-state index in [0.717, 1.165) is 27.8 Å². The third kappa shape index (κ3) is 4.58. The Morgan fingerprint density at radius 1 is 1.24 bits per heavy atom. The number of aryl methyl sites for hydroxylation is 3. The number of amides is 1. The van der Waals surface area contributed by atoms with Crippen molar-refractivity contribution in [2.45, 2.75) is 51.4 Å². The van der Waals surface area contributed by atoms with Crippen molar-refractivity contribution in [3.63, 3.8) is 0 Å². The predicted octanol–water partition coefficient (Wildman–Crippen LogP) is 4.71. The van der Waals surface area contributed by atoms with Crippen LogP contribution < -0.4 is 10.9 Å². The van der Waals surface area contributed by atoms with Crippen molar-refractivity contribution in [2.75, 3.05) is 5.32 Å². The number of carbonyl (C=O) groups excluding carboxylic acids is 1. The second kappa shape index (κ2) is 9.11. The molecule has 4 aromatic rings. The topological polar surface area (TPSA) is 106 Å². The molecule has 0 aliphatic rings. The summed E-state index contributed by atoms with van der Waals surface area (Å²) >= 11 is 2.70. The molecule has 0 unspecified atom stereocenters. The lowest BCUT2D eigenvalue weighted by Crippen LogP contribution is -2.13. The number of anilines is 1. The minimum Gasteiger partial charge on any atom is -0.321 e. The Morgan fingerprint density at radius 2 is 2.00 bits per heavy atom. The Kier molecular flexibility index (Phi) is 6.40. The number of benzene rings is 1. The molecule has 1 amide bonds. The van der Waals surface area contributed by atoms with Crippen LogP contribution in [0.3, 0.4) is 0 Å². The number of thiophene rings is 1. The molecule has 33 heavy (non-hydrogen) atoms. The highest BCUT2D eigenvalue weighted by Crippen LogP contribution is 2.29. The molecule has 1 aromatic carbocycles. The summed E-state index contributed by atoms with van der Waals surface area (Å²) in [7, 11) is 1.93. The molecular weight excluding hydrogens is 456 g/mol. The smallest absolute Gasteiger partial charge is 0.266 e. The van der Waals surface area contributed by atoms with E-state index in [0.29, 0.717) is 32.2 Å². The van der Waals surface area contributed by atoms with Crippen LogP contribution in [0.25, 0.3) is 10.2 Å². The van der Waals surface area contributed by atoms with Gasteiger partial charge < -0.3 is 14.9 Å². The van der Waals surface area contributed by atoms with Crippen LogP contribution in [-0.2, 0) is 12.8 Å². The van der Waals surface area contributed by atoms with E-state index in [4.69, 9.17) is 0 Å². The maximum atomic E-state index is 13.0. The molecule has 0 radical (unpaired) electrons. The number of hydrogen-bond donors (Lipinski definition) is 2. The minimum absolute atomic E-state index is 0.238. The zero-order chi connectivity index (χ0) is 23.9. The van der Waals surface area contributed by atoms with E-state index in [2.05, 4.69) is 39.3 Å². The number of fused-ring (bicyclic) bond motifs is 1. The van der Waals surface area contributed by atoms with E-state index in [1.54, 1.807) is 6.92 Å². The summed E-state index contributed by atoms with van der Waals surface area (Å²) in [6.07, 6.45) is 0. The number of nitrogens with zero attached hydrogens (tertiary/aromatic N) is 4. The van der Waals surface area contributed by atoms with E-state index in [9.17, 15) is 9.59 Å². The van der Waals surface area contributed by atoms with Gasteiger partial charge in [-0.1, -0.05) is 43.3 Å². The predicted molar refractivity (Wildman–Crippen MR) is 133 cm³/mol. The molecule has 8 nitrogen and oxygen atoms in total. The van der Waals surface area contributed by atoms with Gasteiger partial charge in [0.2, 0.25) is 0 Å². The van der Waals surface area contributed by atoms with Gasteiger partial charge in [-0.3, -0.25) is 9.59 Å². The van der Waals surface area contributed by atoms with Gasteiger partial charge in [0, 0.05) is 18.7 Å². The lowest BCUT2D eigenvalue weighted by atomic mass is 10.1. The molecule has 0 fully saturated rings. The van der Waals surface area contributed by atoms with Crippen LogP contribution in [0.15, 0.2) is 28.2 Å². The van der Waals surface area contributed by atoms with Crippen LogP contribution >= 0.6 is 23.1 Å². The fraction of sp³-hybridized carbons (Fsp3) is 0.348. The van der Waals surface area contributed by atoms with Crippen LogP contribution in [0.5, 0.6) is 0 Å². The van der Waals surface area contributed by atoms with Crippen LogP contribution in [-0.4, -0.2) is 30.6 Å². The molecule has 4 rings (SSSR count). The fourth-order valence-electron chi connectivity index (χ4n) is 3.69. The molecule has 3 aromatic heterocycles. The summed E-state index contributed by atoms with van der Waals surface area (Å²) in [5.41, 5.74) is 3.27. The Balaban J connectivity index is 1.59. The monoisotopic (exact) mass is 482 g/mol. The third-order valence-corrected chi connectivity index (χ3v) is 7.62. The molecule has 0 bridgehead atoms. The highest BCUT2D eigenvalue weighted by atomic mass is 32.2. The summed E-state index contributed by atoms with van der Waals surface area (Å²) in [6.45, 7) is 9.89. The van der Waals surface area contributed by atoms with E-state index in [-0.39, 0.29) is 17.4 Å². The number of H-pyrrole nitrogens is 1. The van der Waals surface area contributed by atoms with E-state index < -0.39 is 0 Å². The van der Waals surface area contributed by atoms with E-state index in [1.807, 2.05) is 43.7 Å². The largest absolute Gasteiger partial charge is 0.321 e. The summed E-state index contributed by atoms with van der Waals surface area (Å²) in [6, 6.07) is 5.87. The van der Waals surface area contributed by atoms with Gasteiger partial charge in [0.25, 0.3) is 11.5 Å². The number of thioether (sulfide) groups is 1. The normalized spacial score (nSPS) is 11.5. The van der Waals surface area contributed by atoms with E-state index in [1.165, 1.54) is 23.1 Å². The van der Waals surface area contributed by atoms with Gasteiger partial charge in [-0.05, 0) is 38.0 Å². The molecule has 0 spiro atoms. The van der Waals surface area contributed by atoms with Crippen molar-refractivity contribution in [3.8, 4) is 0 Å². The zero-order valence-corrected chi connectivity index (χ0v) is 21.1. The first-order valence-corrected chi connectivity index (χ1v) is 12.4. The Hall–Kier alpha value is -2.98. The summed E-state index contributed by atoms with van der Waals surface area (Å²) < 4.78 is 1.96. The molecule has 2 N–H and O–H groups in total. The molecule has 0 aliphatic carbocycles. The standard InChI is InChI=1S/C23H26N6O2S2/c1-11(2)19-27-28-23(29(19)6)32-10-16-25-20(30)17-14(5)18(33-22(17)26-16)21(31)24-15-8-7-12(3)9-13(15)4/h7-9,11H,10H2,1-6H3,(H,24,31)(H,25,26,30). The maximum absolute atomic E-state index is 13.0. The van der Waals surface area contributed by atoms with Crippen LogP contribution in [0, 0.1) is 20.8 Å². The highest BCUT2D eigenvalue weighted by molar-refractivity contribution is 7.98. The Labute approximate surface area is 199 Å². The number of aromatic nitrogens is 5. The van der Waals surface area contributed by atoms with Crippen LogP contribution in [0.4, 0.5) is 5.69 Å². The number of rotatable bonds is 6. The highest BCUT2D eigenvalue weighted by Gasteiger charge is 2.20. The van der Waals surface area contributed by atoms with Gasteiger partial charge in [-0.25, -0.2) is 4.98 Å². The molecule has 0 saturated carbocycles. The molecular formula is C23H26N6O2S2.